The summed E-state index contributed by atoms with van der Waals surface area (Å²) in [4.78, 5) is 17.2. The largest absolute Gasteiger partial charge is 0.369 e. The van der Waals surface area contributed by atoms with Crippen LogP contribution in [-0.4, -0.2) is 50.1 Å². The second kappa shape index (κ2) is 8.53. The highest BCUT2D eigenvalue weighted by atomic mass is 19.1. The minimum absolute atomic E-state index is 0.00921. The molecule has 2 aromatic carbocycles. The van der Waals surface area contributed by atoms with Crippen molar-refractivity contribution in [1.82, 2.24) is 10.2 Å². The van der Waals surface area contributed by atoms with Crippen molar-refractivity contribution in [3.8, 4) is 0 Å². The lowest BCUT2D eigenvalue weighted by molar-refractivity contribution is 0.0946. The molecule has 0 saturated carbocycles. The molecule has 27 heavy (non-hydrogen) atoms. The molecule has 0 spiro atoms. The third kappa shape index (κ3) is 4.86. The fourth-order valence-corrected chi connectivity index (χ4v) is 3.84. The number of amides is 1. The summed E-state index contributed by atoms with van der Waals surface area (Å²) >= 11 is 0. The van der Waals surface area contributed by atoms with Crippen LogP contribution in [0.4, 0.5) is 10.1 Å². The summed E-state index contributed by atoms with van der Waals surface area (Å²) in [6.07, 6.45) is 0. The first-order chi connectivity index (χ1) is 12.9. The molecule has 0 atom stereocenters. The van der Waals surface area contributed by atoms with Crippen LogP contribution < -0.4 is 10.2 Å². The van der Waals surface area contributed by atoms with Gasteiger partial charge in [-0.1, -0.05) is 17.7 Å². The van der Waals surface area contributed by atoms with Gasteiger partial charge in [0.15, 0.2) is 0 Å². The summed E-state index contributed by atoms with van der Waals surface area (Å²) in [6.45, 7) is 11.2. The Morgan fingerprint density at radius 1 is 1.00 bits per heavy atom. The van der Waals surface area contributed by atoms with Crippen molar-refractivity contribution in [3.05, 3.63) is 64.5 Å². The van der Waals surface area contributed by atoms with Gasteiger partial charge in [0.25, 0.3) is 5.91 Å². The Morgan fingerprint density at radius 2 is 1.59 bits per heavy atom. The molecule has 1 amide bonds. The number of hydrogen-bond donors (Lipinski definition) is 1. The minimum Gasteiger partial charge on any atom is -0.369 e. The van der Waals surface area contributed by atoms with Gasteiger partial charge in [0.05, 0.1) is 0 Å². The van der Waals surface area contributed by atoms with E-state index in [-0.39, 0.29) is 11.7 Å². The first kappa shape index (κ1) is 19.4. The van der Waals surface area contributed by atoms with Crippen LogP contribution in [0.2, 0.25) is 0 Å². The van der Waals surface area contributed by atoms with Gasteiger partial charge in [-0.15, -0.1) is 0 Å². The first-order valence-corrected chi connectivity index (χ1v) is 9.53. The highest BCUT2D eigenvalue weighted by Crippen LogP contribution is 2.17. The minimum atomic E-state index is -0.202. The Balaban J connectivity index is 1.45. The SMILES string of the molecule is Cc1cc(C)c(C(=O)NCCN2CCN(c3ccc(F)cc3)CC2)c(C)c1. The quantitative estimate of drug-likeness (QED) is 0.878. The molecule has 0 unspecified atom stereocenters. The van der Waals surface area contributed by atoms with Crippen LogP contribution in [0.5, 0.6) is 0 Å². The van der Waals surface area contributed by atoms with Crippen LogP contribution in [0, 0.1) is 26.6 Å². The maximum absolute atomic E-state index is 13.1. The topological polar surface area (TPSA) is 35.6 Å². The van der Waals surface area contributed by atoms with Gasteiger partial charge in [0, 0.05) is 50.5 Å². The lowest BCUT2D eigenvalue weighted by atomic mass is 9.99. The molecule has 0 aromatic heterocycles. The number of anilines is 1. The average Bonchev–Trinajstić information content (AvgIpc) is 2.62. The lowest BCUT2D eigenvalue weighted by Gasteiger charge is -2.36. The first-order valence-electron chi connectivity index (χ1n) is 9.53. The number of piperazine rings is 1. The van der Waals surface area contributed by atoms with Gasteiger partial charge in [-0.2, -0.15) is 0 Å². The second-order valence-corrected chi connectivity index (χ2v) is 7.33. The number of nitrogens with zero attached hydrogens (tertiary/aromatic N) is 2. The van der Waals surface area contributed by atoms with Gasteiger partial charge < -0.3 is 10.2 Å². The van der Waals surface area contributed by atoms with Crippen LogP contribution in [0.1, 0.15) is 27.0 Å². The molecule has 1 aliphatic heterocycles. The Hall–Kier alpha value is -2.40. The number of carbonyl (C=O) groups is 1. The number of carbonyl (C=O) groups excluding carboxylic acids is 1. The monoisotopic (exact) mass is 369 g/mol. The Kier molecular flexibility index (Phi) is 6.11. The van der Waals surface area contributed by atoms with E-state index >= 15 is 0 Å². The van der Waals surface area contributed by atoms with E-state index in [1.807, 2.05) is 32.9 Å². The second-order valence-electron chi connectivity index (χ2n) is 7.33. The van der Waals surface area contributed by atoms with Crippen molar-refractivity contribution < 1.29 is 9.18 Å². The van der Waals surface area contributed by atoms with E-state index < -0.39 is 0 Å². The third-order valence-corrected chi connectivity index (χ3v) is 5.18. The number of benzene rings is 2. The molecule has 2 aromatic rings. The van der Waals surface area contributed by atoms with Crippen LogP contribution in [0.25, 0.3) is 0 Å². The molecule has 144 valence electrons. The Bertz CT molecular complexity index is 773. The summed E-state index contributed by atoms with van der Waals surface area (Å²) in [5.74, 6) is -0.192. The van der Waals surface area contributed by atoms with E-state index in [1.165, 1.54) is 17.7 Å². The smallest absolute Gasteiger partial charge is 0.251 e. The standard InChI is InChI=1S/C22H28FN3O/c1-16-14-17(2)21(18(3)15-16)22(27)24-8-9-25-10-12-26(13-11-25)20-6-4-19(23)5-7-20/h4-7,14-15H,8-13H2,1-3H3,(H,24,27). The highest BCUT2D eigenvalue weighted by molar-refractivity contribution is 5.97. The van der Waals surface area contributed by atoms with E-state index in [9.17, 15) is 9.18 Å². The zero-order chi connectivity index (χ0) is 19.4. The molecule has 1 N–H and O–H groups in total. The zero-order valence-electron chi connectivity index (χ0n) is 16.4. The van der Waals surface area contributed by atoms with Crippen molar-refractivity contribution in [2.75, 3.05) is 44.2 Å². The van der Waals surface area contributed by atoms with Gasteiger partial charge in [0.1, 0.15) is 5.82 Å². The summed E-state index contributed by atoms with van der Waals surface area (Å²) in [7, 11) is 0. The predicted octanol–water partition coefficient (Wildman–Crippen LogP) is 3.30. The molecular weight excluding hydrogens is 341 g/mol. The van der Waals surface area contributed by atoms with Gasteiger partial charge in [0.2, 0.25) is 0 Å². The van der Waals surface area contributed by atoms with Crippen LogP contribution in [0.15, 0.2) is 36.4 Å². The molecule has 1 aliphatic rings. The predicted molar refractivity (Wildman–Crippen MR) is 108 cm³/mol. The fraction of sp³-hybridized carbons (Fsp3) is 0.409. The maximum Gasteiger partial charge on any atom is 0.251 e. The summed E-state index contributed by atoms with van der Waals surface area (Å²) in [5.41, 5.74) is 5.09. The van der Waals surface area contributed by atoms with Crippen molar-refractivity contribution >= 4 is 11.6 Å². The van der Waals surface area contributed by atoms with Crippen LogP contribution >= 0.6 is 0 Å². The molecule has 0 radical (unpaired) electrons. The van der Waals surface area contributed by atoms with E-state index in [2.05, 4.69) is 27.2 Å². The summed E-state index contributed by atoms with van der Waals surface area (Å²) in [5, 5.41) is 3.06. The van der Waals surface area contributed by atoms with E-state index in [4.69, 9.17) is 0 Å². The fourth-order valence-electron chi connectivity index (χ4n) is 3.84. The lowest BCUT2D eigenvalue weighted by Crippen LogP contribution is -2.48. The molecule has 0 bridgehead atoms. The van der Waals surface area contributed by atoms with Crippen molar-refractivity contribution in [3.63, 3.8) is 0 Å². The van der Waals surface area contributed by atoms with Crippen molar-refractivity contribution in [2.45, 2.75) is 20.8 Å². The number of hydrogen-bond acceptors (Lipinski definition) is 3. The van der Waals surface area contributed by atoms with E-state index in [1.54, 1.807) is 0 Å². The van der Waals surface area contributed by atoms with Crippen molar-refractivity contribution in [1.29, 1.82) is 0 Å². The molecule has 5 heteroatoms. The molecule has 0 aliphatic carbocycles. The van der Waals surface area contributed by atoms with Gasteiger partial charge >= 0.3 is 0 Å². The Labute approximate surface area is 161 Å². The number of nitrogens with one attached hydrogen (secondary N) is 1. The molecule has 3 rings (SSSR count). The van der Waals surface area contributed by atoms with Crippen molar-refractivity contribution in [2.24, 2.45) is 0 Å². The van der Waals surface area contributed by atoms with Crippen LogP contribution in [-0.2, 0) is 0 Å². The molecule has 4 nitrogen and oxygen atoms in total. The normalized spacial score (nSPS) is 15.0. The zero-order valence-corrected chi connectivity index (χ0v) is 16.4. The number of aryl methyl sites for hydroxylation is 3. The summed E-state index contributed by atoms with van der Waals surface area (Å²) < 4.78 is 13.1. The molecule has 1 fully saturated rings. The highest BCUT2D eigenvalue weighted by Gasteiger charge is 2.18. The van der Waals surface area contributed by atoms with E-state index in [0.29, 0.717) is 6.54 Å². The third-order valence-electron chi connectivity index (χ3n) is 5.18. The molecule has 1 heterocycles. The Morgan fingerprint density at radius 3 is 2.19 bits per heavy atom. The van der Waals surface area contributed by atoms with E-state index in [0.717, 1.165) is 55.1 Å². The molecular formula is C22H28FN3O. The van der Waals surface area contributed by atoms with Crippen LogP contribution in [0.3, 0.4) is 0 Å². The van der Waals surface area contributed by atoms with Gasteiger partial charge in [-0.3, -0.25) is 9.69 Å². The van der Waals surface area contributed by atoms with Gasteiger partial charge in [-0.25, -0.2) is 4.39 Å². The maximum atomic E-state index is 13.1. The number of halogens is 1. The number of rotatable bonds is 5. The molecule has 1 saturated heterocycles. The summed E-state index contributed by atoms with van der Waals surface area (Å²) in [6, 6.07) is 10.8. The van der Waals surface area contributed by atoms with Gasteiger partial charge in [-0.05, 0) is 56.2 Å². The average molecular weight is 369 g/mol.